The molecule has 1 saturated heterocycles. The third-order valence-electron chi connectivity index (χ3n) is 2.19. The molecule has 1 aliphatic heterocycles. The maximum atomic E-state index is 11.1. The van der Waals surface area contributed by atoms with Crippen LogP contribution < -0.4 is 0 Å². The molecule has 96 valence electrons. The quantitative estimate of drug-likeness (QED) is 0.539. The van der Waals surface area contributed by atoms with Crippen molar-refractivity contribution in [3.05, 3.63) is 0 Å². The van der Waals surface area contributed by atoms with Crippen LogP contribution in [0.2, 0.25) is 0 Å². The molecule has 1 heterocycles. The molecular weight excluding hydrogens is 276 g/mol. The van der Waals surface area contributed by atoms with Gasteiger partial charge in [-0.15, -0.1) is 0 Å². The van der Waals surface area contributed by atoms with Crippen molar-refractivity contribution in [3.63, 3.8) is 0 Å². The van der Waals surface area contributed by atoms with Gasteiger partial charge in [0.05, 0.1) is 0 Å². The Balaban J connectivity index is 2.92. The minimum atomic E-state index is -4.83. The summed E-state index contributed by atoms with van der Waals surface area (Å²) in [7, 11) is -9.66. The third-order valence-corrected chi connectivity index (χ3v) is 6.90. The van der Waals surface area contributed by atoms with Gasteiger partial charge in [-0.3, -0.25) is 14.0 Å². The zero-order valence-corrected chi connectivity index (χ0v) is 11.1. The lowest BCUT2D eigenvalue weighted by Crippen LogP contribution is -2.36. The largest absolute Gasteiger partial charge is 0.354 e. The maximum Gasteiger partial charge on any atom is 0.354 e. The van der Waals surface area contributed by atoms with Crippen molar-refractivity contribution < 1.29 is 28.7 Å². The van der Waals surface area contributed by atoms with Gasteiger partial charge in [0.15, 0.2) is 0 Å². The van der Waals surface area contributed by atoms with E-state index in [9.17, 15) is 9.13 Å². The standard InChI is InChI=1S/C6H15NO6P2S/c8-14(9,10)6(15(11,12)13)7-2-1-4-16-5-3-7/h6H,1-5H2,(H2,8,9,10)(H2,11,12,13). The Morgan fingerprint density at radius 1 is 1.00 bits per heavy atom. The second kappa shape index (κ2) is 5.50. The molecule has 0 amide bonds. The smallest absolute Gasteiger partial charge is 0.323 e. The number of hydrogen-bond acceptors (Lipinski definition) is 4. The average Bonchev–Trinajstić information content (AvgIpc) is 2.27. The molecule has 0 atom stereocenters. The van der Waals surface area contributed by atoms with E-state index in [-0.39, 0.29) is 6.54 Å². The highest BCUT2D eigenvalue weighted by atomic mass is 32.2. The van der Waals surface area contributed by atoms with Gasteiger partial charge in [0.25, 0.3) is 0 Å². The van der Waals surface area contributed by atoms with Crippen LogP contribution in [0.3, 0.4) is 0 Å². The van der Waals surface area contributed by atoms with Gasteiger partial charge >= 0.3 is 15.2 Å². The van der Waals surface area contributed by atoms with Crippen molar-refractivity contribution in [2.75, 3.05) is 24.6 Å². The second-order valence-corrected chi connectivity index (χ2v) is 8.49. The molecule has 16 heavy (non-hydrogen) atoms. The van der Waals surface area contributed by atoms with Gasteiger partial charge in [-0.1, -0.05) is 0 Å². The molecule has 0 aromatic carbocycles. The van der Waals surface area contributed by atoms with Gasteiger partial charge in [-0.25, -0.2) is 0 Å². The molecule has 1 rings (SSSR count). The topological polar surface area (TPSA) is 118 Å². The fourth-order valence-electron chi connectivity index (χ4n) is 1.62. The molecule has 0 aliphatic carbocycles. The molecule has 1 aliphatic rings. The van der Waals surface area contributed by atoms with Gasteiger partial charge in [0.2, 0.25) is 5.52 Å². The predicted molar refractivity (Wildman–Crippen MR) is 61.4 cm³/mol. The molecule has 7 nitrogen and oxygen atoms in total. The highest BCUT2D eigenvalue weighted by Crippen LogP contribution is 2.61. The van der Waals surface area contributed by atoms with Crippen LogP contribution in [-0.2, 0) is 9.13 Å². The summed E-state index contributed by atoms with van der Waals surface area (Å²) in [4.78, 5) is 37.3. The molecule has 1 fully saturated rings. The normalized spacial score (nSPS) is 21.1. The van der Waals surface area contributed by atoms with E-state index in [2.05, 4.69) is 0 Å². The summed E-state index contributed by atoms with van der Waals surface area (Å²) in [5.41, 5.74) is -1.99. The van der Waals surface area contributed by atoms with Crippen LogP contribution in [0.5, 0.6) is 0 Å². The summed E-state index contributed by atoms with van der Waals surface area (Å²) in [5.74, 6) is 1.46. The predicted octanol–water partition coefficient (Wildman–Crippen LogP) is 0.0643. The van der Waals surface area contributed by atoms with Crippen molar-refractivity contribution in [3.8, 4) is 0 Å². The van der Waals surface area contributed by atoms with Gasteiger partial charge in [-0.05, 0) is 12.2 Å². The zero-order valence-electron chi connectivity index (χ0n) is 8.47. The molecule has 0 spiro atoms. The van der Waals surface area contributed by atoms with Crippen LogP contribution in [0.15, 0.2) is 0 Å². The number of hydrogen-bond donors (Lipinski definition) is 4. The second-order valence-electron chi connectivity index (χ2n) is 3.53. The first-order valence-electron chi connectivity index (χ1n) is 4.65. The third kappa shape index (κ3) is 4.13. The van der Waals surface area contributed by atoms with Crippen LogP contribution in [0.4, 0.5) is 0 Å². The average molecular weight is 291 g/mol. The molecular formula is C6H15NO6P2S. The van der Waals surface area contributed by atoms with E-state index >= 15 is 0 Å². The minimum absolute atomic E-state index is 0.283. The molecule has 0 saturated carbocycles. The highest BCUT2D eigenvalue weighted by molar-refractivity contribution is 7.99. The molecule has 0 bridgehead atoms. The first kappa shape index (κ1) is 14.7. The summed E-state index contributed by atoms with van der Waals surface area (Å²) in [5, 5.41) is 0. The van der Waals surface area contributed by atoms with Gasteiger partial charge in [0, 0.05) is 18.8 Å². The number of nitrogens with zero attached hydrogens (tertiary/aromatic N) is 1. The Bertz CT molecular complexity index is 297. The lowest BCUT2D eigenvalue weighted by Gasteiger charge is -2.30. The minimum Gasteiger partial charge on any atom is -0.323 e. The molecule has 4 N–H and O–H groups in total. The van der Waals surface area contributed by atoms with E-state index in [1.165, 1.54) is 4.90 Å². The van der Waals surface area contributed by atoms with Gasteiger partial charge in [0.1, 0.15) is 0 Å². The van der Waals surface area contributed by atoms with Crippen LogP contribution in [0, 0.1) is 0 Å². The monoisotopic (exact) mass is 291 g/mol. The first-order chi connectivity index (χ1) is 7.23. The summed E-state index contributed by atoms with van der Waals surface area (Å²) >= 11 is 1.61. The summed E-state index contributed by atoms with van der Waals surface area (Å²) < 4.78 is 22.3. The molecule has 0 radical (unpaired) electrons. The molecule has 0 unspecified atom stereocenters. The molecule has 0 aromatic rings. The van der Waals surface area contributed by atoms with Crippen molar-refractivity contribution in [2.24, 2.45) is 0 Å². The van der Waals surface area contributed by atoms with Crippen LogP contribution in [0.25, 0.3) is 0 Å². The Morgan fingerprint density at radius 2 is 1.56 bits per heavy atom. The fourth-order valence-corrected chi connectivity index (χ4v) is 5.40. The Hall–Kier alpha value is 0.610. The van der Waals surface area contributed by atoms with Crippen molar-refractivity contribution in [1.82, 2.24) is 4.90 Å². The van der Waals surface area contributed by atoms with Crippen molar-refractivity contribution >= 4 is 27.0 Å². The number of rotatable bonds is 3. The zero-order chi connectivity index (χ0) is 12.4. The van der Waals surface area contributed by atoms with E-state index < -0.39 is 20.7 Å². The van der Waals surface area contributed by atoms with Crippen molar-refractivity contribution in [1.29, 1.82) is 0 Å². The van der Waals surface area contributed by atoms with E-state index in [0.717, 1.165) is 5.75 Å². The van der Waals surface area contributed by atoms with Crippen LogP contribution in [0.1, 0.15) is 6.42 Å². The number of thioether (sulfide) groups is 1. The fraction of sp³-hybridized carbons (Fsp3) is 1.00. The van der Waals surface area contributed by atoms with Gasteiger partial charge in [-0.2, -0.15) is 11.8 Å². The summed E-state index contributed by atoms with van der Waals surface area (Å²) in [6, 6.07) is 0. The van der Waals surface area contributed by atoms with Crippen LogP contribution in [-0.4, -0.2) is 54.6 Å². The Kier molecular flexibility index (Phi) is 5.04. The SMILES string of the molecule is O=P(O)(O)C(N1CCCSCC1)P(=O)(O)O. The summed E-state index contributed by atoms with van der Waals surface area (Å²) in [6.45, 7) is 0.583. The molecule has 10 heteroatoms. The lowest BCUT2D eigenvalue weighted by molar-refractivity contribution is 0.236. The van der Waals surface area contributed by atoms with E-state index in [4.69, 9.17) is 19.6 Å². The van der Waals surface area contributed by atoms with E-state index in [1.807, 2.05) is 0 Å². The Morgan fingerprint density at radius 3 is 2.06 bits per heavy atom. The lowest BCUT2D eigenvalue weighted by atomic mass is 10.4. The summed E-state index contributed by atoms with van der Waals surface area (Å²) in [6.07, 6.45) is 0.668. The van der Waals surface area contributed by atoms with Crippen molar-refractivity contribution in [2.45, 2.75) is 11.9 Å². The van der Waals surface area contributed by atoms with E-state index in [0.29, 0.717) is 18.7 Å². The molecule has 0 aromatic heterocycles. The van der Waals surface area contributed by atoms with Crippen LogP contribution >= 0.6 is 27.0 Å². The van der Waals surface area contributed by atoms with Gasteiger partial charge < -0.3 is 19.6 Å². The highest BCUT2D eigenvalue weighted by Gasteiger charge is 2.47. The maximum absolute atomic E-state index is 11.1. The van der Waals surface area contributed by atoms with E-state index in [1.54, 1.807) is 11.8 Å². The Labute approximate surface area is 97.5 Å². The first-order valence-corrected chi connectivity index (χ1v) is 9.17.